The van der Waals surface area contributed by atoms with Gasteiger partial charge in [0.15, 0.2) is 40.4 Å². The predicted molar refractivity (Wildman–Crippen MR) is 111 cm³/mol. The number of fused-ring (bicyclic) bond motifs is 1. The molecule has 3 rings (SSSR count). The van der Waals surface area contributed by atoms with Gasteiger partial charge in [-0.1, -0.05) is 23.9 Å². The number of anilines is 2. The summed E-state index contributed by atoms with van der Waals surface area (Å²) in [5.41, 5.74) is 0.0231. The Bertz CT molecular complexity index is 1010. The van der Waals surface area contributed by atoms with Crippen LogP contribution in [0.5, 0.6) is 0 Å². The number of carbonyl (C=O) groups excluding carboxylic acids is 1. The normalized spacial score (nSPS) is 16.1. The van der Waals surface area contributed by atoms with Crippen LogP contribution in [0.4, 0.5) is 26.1 Å². The highest BCUT2D eigenvalue weighted by atomic mass is 32.2. The van der Waals surface area contributed by atoms with Gasteiger partial charge in [0.1, 0.15) is 5.69 Å². The highest BCUT2D eigenvalue weighted by Crippen LogP contribution is 2.37. The number of carbonyl (C=O) groups is 1. The van der Waals surface area contributed by atoms with Crippen LogP contribution in [-0.4, -0.2) is 57.3 Å². The summed E-state index contributed by atoms with van der Waals surface area (Å²) >= 11 is 1.04. The number of ether oxygens (including phenoxy) is 1. The van der Waals surface area contributed by atoms with E-state index in [9.17, 15) is 23.8 Å². The Labute approximate surface area is 181 Å². The van der Waals surface area contributed by atoms with E-state index in [2.05, 4.69) is 25.6 Å². The predicted octanol–water partition coefficient (Wildman–Crippen LogP) is 2.22. The van der Waals surface area contributed by atoms with Gasteiger partial charge in [-0.25, -0.2) is 28.5 Å². The number of aromatic nitrogens is 2. The molecule has 0 aliphatic carbocycles. The zero-order valence-electron chi connectivity index (χ0n) is 16.7. The molecule has 31 heavy (non-hydrogen) atoms. The first-order valence-corrected chi connectivity index (χ1v) is 10.4. The number of nitrogens with zero attached hydrogens (tertiary/aromatic N) is 3. The minimum absolute atomic E-state index is 0.0528. The largest absolute Gasteiger partial charge is 0.461 e. The molecule has 12 heteroatoms. The van der Waals surface area contributed by atoms with Crippen LogP contribution in [0.15, 0.2) is 28.3 Å². The van der Waals surface area contributed by atoms with Crippen molar-refractivity contribution >= 4 is 40.8 Å². The lowest BCUT2D eigenvalue weighted by Gasteiger charge is -2.24. The molecule has 1 aliphatic heterocycles. The van der Waals surface area contributed by atoms with Crippen molar-refractivity contribution in [3.8, 4) is 0 Å². The summed E-state index contributed by atoms with van der Waals surface area (Å²) in [6.45, 7) is 3.22. The highest BCUT2D eigenvalue weighted by molar-refractivity contribution is 7.98. The van der Waals surface area contributed by atoms with Crippen molar-refractivity contribution in [3.63, 3.8) is 0 Å². The van der Waals surface area contributed by atoms with E-state index in [1.165, 1.54) is 12.1 Å². The monoisotopic (exact) mass is 453 g/mol. The Kier molecular flexibility index (Phi) is 7.36. The van der Waals surface area contributed by atoms with Gasteiger partial charge in [0, 0.05) is 17.4 Å². The molecule has 2 heterocycles. The second kappa shape index (κ2) is 9.98. The van der Waals surface area contributed by atoms with Crippen molar-refractivity contribution in [2.45, 2.75) is 37.0 Å². The van der Waals surface area contributed by atoms with Gasteiger partial charge in [-0.15, -0.1) is 0 Å². The summed E-state index contributed by atoms with van der Waals surface area (Å²) in [6.07, 6.45) is -1.46. The van der Waals surface area contributed by atoms with Crippen molar-refractivity contribution in [1.29, 1.82) is 0 Å². The Morgan fingerprint density at radius 1 is 1.39 bits per heavy atom. The van der Waals surface area contributed by atoms with Gasteiger partial charge < -0.3 is 25.6 Å². The standard InChI is InChI=1S/C19H21F2N5O4S/c1-3-30-18(29)14-17(28)24-16-13(23-14)15(22-9(2)7-27)25-19(26-16)31-8-10-5-4-6-11(20)12(10)21/h4-6,9,17,27-28H,3,7-8H2,1-2H3,(H2,22,24,25,26)/t9-,17?/m1/s1. The molecule has 2 atom stereocenters. The van der Waals surface area contributed by atoms with E-state index >= 15 is 0 Å². The van der Waals surface area contributed by atoms with Crippen LogP contribution < -0.4 is 10.6 Å². The smallest absolute Gasteiger partial charge is 0.357 e. The van der Waals surface area contributed by atoms with E-state index in [0.717, 1.165) is 17.8 Å². The molecular weight excluding hydrogens is 432 g/mol. The van der Waals surface area contributed by atoms with Crippen LogP contribution in [-0.2, 0) is 15.3 Å². The maximum Gasteiger partial charge on any atom is 0.357 e. The Balaban J connectivity index is 1.95. The molecule has 0 saturated carbocycles. The van der Waals surface area contributed by atoms with Crippen molar-refractivity contribution in [1.82, 2.24) is 9.97 Å². The molecule has 1 aromatic heterocycles. The first-order chi connectivity index (χ1) is 14.8. The summed E-state index contributed by atoms with van der Waals surface area (Å²) in [6, 6.07) is 3.48. The summed E-state index contributed by atoms with van der Waals surface area (Å²) in [5, 5.41) is 25.4. The maximum absolute atomic E-state index is 13.9. The average molecular weight is 453 g/mol. The summed E-state index contributed by atoms with van der Waals surface area (Å²) < 4.78 is 32.3. The van der Waals surface area contributed by atoms with Gasteiger partial charge in [-0.2, -0.15) is 0 Å². The number of benzene rings is 1. The fourth-order valence-corrected chi connectivity index (χ4v) is 3.45. The zero-order valence-corrected chi connectivity index (χ0v) is 17.5. The number of esters is 1. The number of nitrogens with one attached hydrogen (secondary N) is 2. The quantitative estimate of drug-likeness (QED) is 0.270. The number of aliphatic hydroxyl groups is 2. The number of hydrogen-bond acceptors (Lipinski definition) is 10. The molecule has 4 N–H and O–H groups in total. The van der Waals surface area contributed by atoms with Crippen LogP contribution in [0, 0.1) is 11.6 Å². The Hall–Kier alpha value is -2.83. The maximum atomic E-state index is 13.9. The number of hydrogen-bond donors (Lipinski definition) is 4. The molecule has 0 spiro atoms. The molecule has 0 radical (unpaired) electrons. The van der Waals surface area contributed by atoms with E-state index in [4.69, 9.17) is 4.74 Å². The van der Waals surface area contributed by atoms with E-state index in [1.54, 1.807) is 13.8 Å². The van der Waals surface area contributed by atoms with E-state index in [0.29, 0.717) is 0 Å². The molecule has 1 aromatic carbocycles. The van der Waals surface area contributed by atoms with Crippen LogP contribution >= 0.6 is 11.8 Å². The minimum atomic E-state index is -1.46. The summed E-state index contributed by atoms with van der Waals surface area (Å²) in [5.74, 6) is -2.32. The number of aliphatic imine (C=N–C) groups is 1. The van der Waals surface area contributed by atoms with Gasteiger partial charge in [-0.3, -0.25) is 0 Å². The summed E-state index contributed by atoms with van der Waals surface area (Å²) in [4.78, 5) is 24.8. The number of halogens is 2. The first kappa shape index (κ1) is 22.8. The lowest BCUT2D eigenvalue weighted by Crippen LogP contribution is -2.38. The SMILES string of the molecule is CCOC(=O)C1=Nc2c(nc(SCc3cccc(F)c3F)nc2N[C@H](C)CO)NC1O. The molecule has 9 nitrogen and oxygen atoms in total. The fraction of sp³-hybridized carbons (Fsp3) is 0.368. The molecule has 0 bridgehead atoms. The van der Waals surface area contributed by atoms with Gasteiger partial charge >= 0.3 is 5.97 Å². The number of rotatable bonds is 8. The van der Waals surface area contributed by atoms with Crippen molar-refractivity contribution in [2.75, 3.05) is 23.8 Å². The van der Waals surface area contributed by atoms with Crippen LogP contribution in [0.25, 0.3) is 0 Å². The van der Waals surface area contributed by atoms with Crippen LogP contribution in [0.1, 0.15) is 19.4 Å². The topological polar surface area (TPSA) is 129 Å². The van der Waals surface area contributed by atoms with Crippen LogP contribution in [0.3, 0.4) is 0 Å². The molecule has 0 amide bonds. The number of aliphatic hydroxyl groups excluding tert-OH is 2. The van der Waals surface area contributed by atoms with Crippen LogP contribution in [0.2, 0.25) is 0 Å². The lowest BCUT2D eigenvalue weighted by atomic mass is 10.2. The fourth-order valence-electron chi connectivity index (χ4n) is 2.63. The molecular formula is C19H21F2N5O4S. The van der Waals surface area contributed by atoms with Gasteiger partial charge in [0.25, 0.3) is 0 Å². The molecule has 2 aromatic rings. The van der Waals surface area contributed by atoms with Gasteiger partial charge in [0.05, 0.1) is 13.2 Å². The third-order valence-corrected chi connectivity index (χ3v) is 5.05. The summed E-state index contributed by atoms with van der Waals surface area (Å²) in [7, 11) is 0. The second-order valence-corrected chi connectivity index (χ2v) is 7.49. The minimum Gasteiger partial charge on any atom is -0.461 e. The Morgan fingerprint density at radius 2 is 2.16 bits per heavy atom. The molecule has 1 aliphatic rings. The molecule has 1 unspecified atom stereocenters. The molecule has 0 saturated heterocycles. The lowest BCUT2D eigenvalue weighted by molar-refractivity contribution is -0.135. The second-order valence-electron chi connectivity index (χ2n) is 6.55. The zero-order chi connectivity index (χ0) is 22.5. The van der Waals surface area contributed by atoms with Crippen molar-refractivity contribution < 1.29 is 28.5 Å². The third kappa shape index (κ3) is 5.27. The highest BCUT2D eigenvalue weighted by Gasteiger charge is 2.30. The average Bonchev–Trinajstić information content (AvgIpc) is 2.74. The van der Waals surface area contributed by atoms with Gasteiger partial charge in [-0.05, 0) is 19.9 Å². The van der Waals surface area contributed by atoms with Crippen molar-refractivity contribution in [3.05, 3.63) is 35.4 Å². The third-order valence-electron chi connectivity index (χ3n) is 4.16. The Morgan fingerprint density at radius 3 is 2.87 bits per heavy atom. The van der Waals surface area contributed by atoms with E-state index in [1.807, 2.05) is 0 Å². The van der Waals surface area contributed by atoms with E-state index < -0.39 is 29.9 Å². The van der Waals surface area contributed by atoms with Gasteiger partial charge in [0.2, 0.25) is 0 Å². The molecule has 0 fully saturated rings. The van der Waals surface area contributed by atoms with E-state index in [-0.39, 0.29) is 52.7 Å². The molecule has 166 valence electrons. The number of thioether (sulfide) groups is 1. The van der Waals surface area contributed by atoms with Crippen molar-refractivity contribution in [2.24, 2.45) is 4.99 Å². The first-order valence-electron chi connectivity index (χ1n) is 9.39.